The van der Waals surface area contributed by atoms with Crippen molar-refractivity contribution in [1.29, 1.82) is 0 Å². The average Bonchev–Trinajstić information content (AvgIpc) is 2.83. The molecule has 0 amide bonds. The molecular formula is C16H22N2O. The Bertz CT molecular complexity index is 504. The van der Waals surface area contributed by atoms with Gasteiger partial charge in [0.1, 0.15) is 5.76 Å². The zero-order valence-electron chi connectivity index (χ0n) is 12.1. The van der Waals surface area contributed by atoms with Crippen molar-refractivity contribution in [3.05, 3.63) is 53.7 Å². The van der Waals surface area contributed by atoms with Crippen molar-refractivity contribution >= 4 is 0 Å². The summed E-state index contributed by atoms with van der Waals surface area (Å²) in [5, 5.41) is 3.61. The smallest absolute Gasteiger partial charge is 0.211 e. The summed E-state index contributed by atoms with van der Waals surface area (Å²) in [7, 11) is 0. The van der Waals surface area contributed by atoms with E-state index in [0.717, 1.165) is 11.7 Å². The van der Waals surface area contributed by atoms with Crippen molar-refractivity contribution in [2.45, 2.75) is 39.8 Å². The molecule has 0 aliphatic rings. The summed E-state index contributed by atoms with van der Waals surface area (Å²) >= 11 is 0. The van der Waals surface area contributed by atoms with Crippen LogP contribution in [0.3, 0.4) is 0 Å². The fourth-order valence-electron chi connectivity index (χ4n) is 2.25. The van der Waals surface area contributed by atoms with Gasteiger partial charge in [-0.1, -0.05) is 44.2 Å². The van der Waals surface area contributed by atoms with Crippen molar-refractivity contribution in [1.82, 2.24) is 10.3 Å². The lowest BCUT2D eigenvalue weighted by Crippen LogP contribution is -2.28. The van der Waals surface area contributed by atoms with Gasteiger partial charge in [-0.25, -0.2) is 4.98 Å². The molecule has 1 N–H and O–H groups in total. The Hall–Kier alpha value is -1.61. The number of aryl methyl sites for hydroxylation is 1. The summed E-state index contributed by atoms with van der Waals surface area (Å²) in [5.74, 6) is 2.10. The zero-order valence-corrected chi connectivity index (χ0v) is 12.1. The van der Waals surface area contributed by atoms with Gasteiger partial charge in [-0.2, -0.15) is 0 Å². The number of oxazole rings is 1. The van der Waals surface area contributed by atoms with Crippen molar-refractivity contribution < 1.29 is 4.42 Å². The highest BCUT2D eigenvalue weighted by molar-refractivity contribution is 5.19. The van der Waals surface area contributed by atoms with Gasteiger partial charge in [0.15, 0.2) is 0 Å². The topological polar surface area (TPSA) is 38.1 Å². The highest BCUT2D eigenvalue weighted by Crippen LogP contribution is 2.25. The second kappa shape index (κ2) is 6.02. The van der Waals surface area contributed by atoms with Gasteiger partial charge >= 0.3 is 0 Å². The van der Waals surface area contributed by atoms with Gasteiger partial charge in [-0.15, -0.1) is 0 Å². The van der Waals surface area contributed by atoms with E-state index in [1.807, 2.05) is 13.0 Å². The van der Waals surface area contributed by atoms with E-state index < -0.39 is 0 Å². The first kappa shape index (κ1) is 13.8. The summed E-state index contributed by atoms with van der Waals surface area (Å²) in [6.45, 7) is 8.44. The fourth-order valence-corrected chi connectivity index (χ4v) is 2.25. The quantitative estimate of drug-likeness (QED) is 0.879. The van der Waals surface area contributed by atoms with Gasteiger partial charge in [0.2, 0.25) is 5.89 Å². The number of rotatable bonds is 5. The Kier molecular flexibility index (Phi) is 4.38. The molecule has 0 spiro atoms. The normalized spacial score (nSPS) is 14.6. The monoisotopic (exact) mass is 258 g/mol. The lowest BCUT2D eigenvalue weighted by molar-refractivity contribution is 0.329. The van der Waals surface area contributed by atoms with Gasteiger partial charge in [0.25, 0.3) is 0 Å². The maximum atomic E-state index is 5.59. The third-order valence-electron chi connectivity index (χ3n) is 3.26. The number of aromatic nitrogens is 1. The van der Waals surface area contributed by atoms with Crippen LogP contribution in [0.2, 0.25) is 0 Å². The van der Waals surface area contributed by atoms with Crippen LogP contribution in [0.4, 0.5) is 0 Å². The van der Waals surface area contributed by atoms with Crippen LogP contribution in [0.5, 0.6) is 0 Å². The molecule has 1 aromatic heterocycles. The second-order valence-electron chi connectivity index (χ2n) is 5.33. The van der Waals surface area contributed by atoms with E-state index in [9.17, 15) is 0 Å². The van der Waals surface area contributed by atoms with Crippen LogP contribution < -0.4 is 5.32 Å². The lowest BCUT2D eigenvalue weighted by atomic mass is 9.95. The molecule has 2 rings (SSSR count). The first-order valence-corrected chi connectivity index (χ1v) is 6.81. The van der Waals surface area contributed by atoms with Crippen molar-refractivity contribution in [3.8, 4) is 0 Å². The lowest BCUT2D eigenvalue weighted by Gasteiger charge is -2.25. The standard InChI is InChI=1S/C16H22N2O/c1-11(2)15(14-8-6-5-7-9-14)18-13(4)16-17-10-12(3)19-16/h5-11,13,15,18H,1-4H3. The van der Waals surface area contributed by atoms with Crippen molar-refractivity contribution in [3.63, 3.8) is 0 Å². The van der Waals surface area contributed by atoms with E-state index in [-0.39, 0.29) is 6.04 Å². The molecule has 2 aromatic rings. The zero-order chi connectivity index (χ0) is 13.8. The molecule has 0 saturated carbocycles. The number of benzene rings is 1. The molecule has 3 nitrogen and oxygen atoms in total. The molecule has 0 saturated heterocycles. The highest BCUT2D eigenvalue weighted by Gasteiger charge is 2.20. The molecule has 3 heteroatoms. The maximum absolute atomic E-state index is 5.59. The molecular weight excluding hydrogens is 236 g/mol. The SMILES string of the molecule is Cc1cnc(C(C)NC(c2ccccc2)C(C)C)o1. The van der Waals surface area contributed by atoms with E-state index in [4.69, 9.17) is 4.42 Å². The third-order valence-corrected chi connectivity index (χ3v) is 3.26. The Morgan fingerprint density at radius 3 is 2.32 bits per heavy atom. The number of hydrogen-bond donors (Lipinski definition) is 1. The summed E-state index contributed by atoms with van der Waals surface area (Å²) in [5.41, 5.74) is 1.30. The predicted molar refractivity (Wildman–Crippen MR) is 76.8 cm³/mol. The minimum atomic E-state index is 0.0984. The number of nitrogens with one attached hydrogen (secondary N) is 1. The first-order chi connectivity index (χ1) is 9.08. The summed E-state index contributed by atoms with van der Waals surface area (Å²) in [6, 6.07) is 10.9. The molecule has 0 radical (unpaired) electrons. The van der Waals surface area contributed by atoms with E-state index in [1.165, 1.54) is 5.56 Å². The maximum Gasteiger partial charge on any atom is 0.211 e. The van der Waals surface area contributed by atoms with Crippen LogP contribution in [-0.2, 0) is 0 Å². The molecule has 19 heavy (non-hydrogen) atoms. The van der Waals surface area contributed by atoms with Crippen LogP contribution in [0.1, 0.15) is 50.1 Å². The van der Waals surface area contributed by atoms with E-state index >= 15 is 0 Å². The molecule has 0 aliphatic carbocycles. The molecule has 2 atom stereocenters. The minimum Gasteiger partial charge on any atom is -0.444 e. The molecule has 0 bridgehead atoms. The molecule has 2 unspecified atom stereocenters. The van der Waals surface area contributed by atoms with Gasteiger partial charge in [0.05, 0.1) is 12.2 Å². The fraction of sp³-hybridized carbons (Fsp3) is 0.438. The van der Waals surface area contributed by atoms with E-state index in [1.54, 1.807) is 6.20 Å². The molecule has 102 valence electrons. The molecule has 0 fully saturated rings. The summed E-state index contributed by atoms with van der Waals surface area (Å²) < 4.78 is 5.59. The predicted octanol–water partition coefficient (Wildman–Crippen LogP) is 4.03. The molecule has 0 aliphatic heterocycles. The van der Waals surface area contributed by atoms with Crippen LogP contribution in [-0.4, -0.2) is 4.98 Å². The van der Waals surface area contributed by atoms with Gasteiger partial charge in [-0.3, -0.25) is 5.32 Å². The van der Waals surface area contributed by atoms with Crippen LogP contribution in [0.25, 0.3) is 0 Å². The van der Waals surface area contributed by atoms with Crippen LogP contribution >= 0.6 is 0 Å². The second-order valence-corrected chi connectivity index (χ2v) is 5.33. The molecule has 1 heterocycles. The number of nitrogens with zero attached hydrogens (tertiary/aromatic N) is 1. The van der Waals surface area contributed by atoms with Gasteiger partial charge < -0.3 is 4.42 Å². The Labute approximate surface area is 115 Å². The van der Waals surface area contributed by atoms with E-state index in [0.29, 0.717) is 12.0 Å². The van der Waals surface area contributed by atoms with Crippen LogP contribution in [0.15, 0.2) is 40.9 Å². The first-order valence-electron chi connectivity index (χ1n) is 6.81. The number of hydrogen-bond acceptors (Lipinski definition) is 3. The Morgan fingerprint density at radius 1 is 1.11 bits per heavy atom. The van der Waals surface area contributed by atoms with Crippen molar-refractivity contribution in [2.75, 3.05) is 0 Å². The van der Waals surface area contributed by atoms with Crippen molar-refractivity contribution in [2.24, 2.45) is 5.92 Å². The Morgan fingerprint density at radius 2 is 1.79 bits per heavy atom. The molecule has 1 aromatic carbocycles. The van der Waals surface area contributed by atoms with E-state index in [2.05, 4.69) is 55.3 Å². The average molecular weight is 258 g/mol. The summed E-state index contributed by atoms with van der Waals surface area (Å²) in [4.78, 5) is 4.29. The van der Waals surface area contributed by atoms with Gasteiger partial charge in [0, 0.05) is 6.04 Å². The highest BCUT2D eigenvalue weighted by atomic mass is 16.4. The summed E-state index contributed by atoms with van der Waals surface area (Å²) in [6.07, 6.45) is 1.76. The van der Waals surface area contributed by atoms with Crippen LogP contribution in [0, 0.1) is 12.8 Å². The Balaban J connectivity index is 2.13. The third kappa shape index (κ3) is 3.44. The largest absolute Gasteiger partial charge is 0.444 e. The van der Waals surface area contributed by atoms with Gasteiger partial charge in [-0.05, 0) is 25.3 Å². The minimum absolute atomic E-state index is 0.0984.